The number of hydrogen-bond acceptors (Lipinski definition) is 7. The summed E-state index contributed by atoms with van der Waals surface area (Å²) in [5.74, 6) is -0.528. The Kier molecular flexibility index (Phi) is 7.34. The van der Waals surface area contributed by atoms with E-state index in [2.05, 4.69) is 27.5 Å². The van der Waals surface area contributed by atoms with E-state index in [1.807, 2.05) is 59.0 Å². The van der Waals surface area contributed by atoms with E-state index in [0.717, 1.165) is 24.1 Å². The van der Waals surface area contributed by atoms with Crippen molar-refractivity contribution in [2.24, 2.45) is 0 Å². The van der Waals surface area contributed by atoms with E-state index in [9.17, 15) is 18.0 Å². The quantitative estimate of drug-likeness (QED) is 0.360. The third-order valence-corrected chi connectivity index (χ3v) is 8.22. The Labute approximate surface area is 227 Å². The summed E-state index contributed by atoms with van der Waals surface area (Å²) in [5, 5.41) is 7.60. The molecule has 2 N–H and O–H groups in total. The second-order valence-electron chi connectivity index (χ2n) is 9.62. The van der Waals surface area contributed by atoms with Gasteiger partial charge in [-0.25, -0.2) is 18.1 Å². The van der Waals surface area contributed by atoms with E-state index in [1.54, 1.807) is 0 Å². The second kappa shape index (κ2) is 10.9. The number of aromatic nitrogens is 3. The van der Waals surface area contributed by atoms with Crippen LogP contribution in [0.2, 0.25) is 0 Å². The van der Waals surface area contributed by atoms with Crippen LogP contribution >= 0.6 is 0 Å². The van der Waals surface area contributed by atoms with Gasteiger partial charge in [0.15, 0.2) is 5.65 Å². The van der Waals surface area contributed by atoms with Crippen LogP contribution < -0.4 is 10.0 Å². The van der Waals surface area contributed by atoms with Gasteiger partial charge in [0.2, 0.25) is 10.0 Å². The molecule has 0 bridgehead atoms. The minimum Gasteiger partial charge on any atom is -0.339 e. The van der Waals surface area contributed by atoms with Gasteiger partial charge >= 0.3 is 0 Å². The third-order valence-electron chi connectivity index (χ3n) is 6.96. The van der Waals surface area contributed by atoms with Gasteiger partial charge in [0, 0.05) is 25.0 Å². The molecule has 2 amide bonds. The first-order valence-corrected chi connectivity index (χ1v) is 14.5. The fraction of sp³-hybridized carbons (Fsp3) is 0.286. The molecule has 2 aromatic heterocycles. The van der Waals surface area contributed by atoms with Gasteiger partial charge in [-0.2, -0.15) is 9.61 Å². The van der Waals surface area contributed by atoms with Crippen LogP contribution in [-0.2, 0) is 10.0 Å². The predicted molar refractivity (Wildman–Crippen MR) is 149 cm³/mol. The zero-order chi connectivity index (χ0) is 27.6. The lowest BCUT2D eigenvalue weighted by atomic mass is 9.89. The number of amides is 2. The van der Waals surface area contributed by atoms with E-state index < -0.39 is 15.9 Å². The van der Waals surface area contributed by atoms with Crippen molar-refractivity contribution in [3.05, 3.63) is 89.2 Å². The van der Waals surface area contributed by atoms with Gasteiger partial charge in [-0.1, -0.05) is 42.5 Å². The summed E-state index contributed by atoms with van der Waals surface area (Å²) < 4.78 is 27.3. The number of carbonyl (C=O) groups excluding carboxylic acids is 2. The van der Waals surface area contributed by atoms with Crippen molar-refractivity contribution < 1.29 is 18.0 Å². The highest BCUT2D eigenvalue weighted by Gasteiger charge is 2.29. The predicted octanol–water partition coefficient (Wildman–Crippen LogP) is 3.88. The summed E-state index contributed by atoms with van der Waals surface area (Å²) in [6.07, 6.45) is 4.38. The molecule has 1 fully saturated rings. The number of fused-ring (bicyclic) bond motifs is 1. The minimum absolute atomic E-state index is 0.0120. The first-order valence-electron chi connectivity index (χ1n) is 12.8. The molecule has 39 heavy (non-hydrogen) atoms. The molecule has 1 saturated heterocycles. The van der Waals surface area contributed by atoms with Crippen molar-refractivity contribution in [1.82, 2.24) is 24.2 Å². The van der Waals surface area contributed by atoms with Crippen molar-refractivity contribution >= 4 is 39.0 Å². The molecule has 0 saturated carbocycles. The Bertz CT molecular complexity index is 1630. The zero-order valence-electron chi connectivity index (χ0n) is 21.8. The number of anilines is 2. The van der Waals surface area contributed by atoms with E-state index in [-0.39, 0.29) is 22.9 Å². The van der Waals surface area contributed by atoms with Gasteiger partial charge in [0.05, 0.1) is 11.9 Å². The largest absolute Gasteiger partial charge is 0.339 e. The molecule has 2 aromatic carbocycles. The average molecular weight is 547 g/mol. The van der Waals surface area contributed by atoms with E-state index >= 15 is 0 Å². The first-order chi connectivity index (χ1) is 18.8. The Morgan fingerprint density at radius 1 is 1.00 bits per heavy atom. The normalized spacial score (nSPS) is 14.4. The molecule has 0 unspecified atom stereocenters. The number of piperidine rings is 1. The first kappa shape index (κ1) is 26.4. The number of hydrogen-bond donors (Lipinski definition) is 2. The fourth-order valence-corrected chi connectivity index (χ4v) is 5.34. The minimum atomic E-state index is -3.78. The molecule has 202 valence electrons. The van der Waals surface area contributed by atoms with E-state index in [1.165, 1.54) is 29.4 Å². The number of nitrogens with one attached hydrogen (secondary N) is 2. The lowest BCUT2D eigenvalue weighted by molar-refractivity contribution is 0.0713. The van der Waals surface area contributed by atoms with Gasteiger partial charge in [0.25, 0.3) is 11.8 Å². The molecule has 5 rings (SSSR count). The standard InChI is InChI=1S/C28H30N6O4S/c1-3-39(37,38)32-27(35)23-18-30-34-25(23)29-17-24(26(34)31-22-11-7-8-19(2)16-22)28(36)33-14-12-21(13-15-33)20-9-5-4-6-10-20/h4-11,16-18,21,31H,3,12-15H2,1-2H3,(H,32,35). The number of rotatable bonds is 7. The molecule has 0 radical (unpaired) electrons. The highest BCUT2D eigenvalue weighted by molar-refractivity contribution is 7.90. The molecule has 1 aliphatic heterocycles. The number of likely N-dealkylation sites (tertiary alicyclic amines) is 1. The topological polar surface area (TPSA) is 126 Å². The maximum absolute atomic E-state index is 13.8. The maximum Gasteiger partial charge on any atom is 0.270 e. The van der Waals surface area contributed by atoms with Gasteiger partial charge in [-0.15, -0.1) is 0 Å². The molecule has 3 heterocycles. The van der Waals surface area contributed by atoms with Crippen molar-refractivity contribution in [2.75, 3.05) is 24.2 Å². The Balaban J connectivity index is 1.48. The van der Waals surface area contributed by atoms with Gasteiger partial charge in [-0.3, -0.25) is 9.59 Å². The third kappa shape index (κ3) is 5.63. The SMILES string of the molecule is CCS(=O)(=O)NC(=O)c1cnn2c(Nc3cccc(C)c3)c(C(=O)N3CCC(c4ccccc4)CC3)cnc12. The number of sulfonamides is 1. The number of nitrogens with zero attached hydrogens (tertiary/aromatic N) is 4. The lowest BCUT2D eigenvalue weighted by Crippen LogP contribution is -2.38. The van der Waals surface area contributed by atoms with Gasteiger partial charge in [-0.05, 0) is 55.9 Å². The van der Waals surface area contributed by atoms with Crippen LogP contribution in [0, 0.1) is 6.92 Å². The fourth-order valence-electron chi connectivity index (χ4n) is 4.81. The highest BCUT2D eigenvalue weighted by Crippen LogP contribution is 2.30. The maximum atomic E-state index is 13.8. The molecule has 0 spiro atoms. The molecule has 0 atom stereocenters. The Hall–Kier alpha value is -4.25. The summed E-state index contributed by atoms with van der Waals surface area (Å²) in [4.78, 5) is 32.7. The average Bonchev–Trinajstić information content (AvgIpc) is 3.38. The van der Waals surface area contributed by atoms with E-state index in [4.69, 9.17) is 0 Å². The summed E-state index contributed by atoms with van der Waals surface area (Å²) in [5.41, 5.74) is 3.46. The number of carbonyl (C=O) groups is 2. The number of benzene rings is 2. The molecule has 1 aliphatic rings. The van der Waals surface area contributed by atoms with Crippen LogP contribution in [0.25, 0.3) is 5.65 Å². The summed E-state index contributed by atoms with van der Waals surface area (Å²) in [6, 6.07) is 18.0. The van der Waals surface area contributed by atoms with Crippen molar-refractivity contribution in [3.63, 3.8) is 0 Å². The van der Waals surface area contributed by atoms with Gasteiger partial charge in [0.1, 0.15) is 16.9 Å². The van der Waals surface area contributed by atoms with Crippen molar-refractivity contribution in [3.8, 4) is 0 Å². The molecule has 11 heteroatoms. The molecule has 10 nitrogen and oxygen atoms in total. The zero-order valence-corrected chi connectivity index (χ0v) is 22.6. The molecule has 4 aromatic rings. The van der Waals surface area contributed by atoms with Crippen molar-refractivity contribution in [2.45, 2.75) is 32.6 Å². The van der Waals surface area contributed by atoms with Gasteiger partial charge < -0.3 is 10.2 Å². The molecular formula is C28H30N6O4S. The molecular weight excluding hydrogens is 516 g/mol. The Morgan fingerprint density at radius 3 is 2.44 bits per heavy atom. The summed E-state index contributed by atoms with van der Waals surface area (Å²) >= 11 is 0. The highest BCUT2D eigenvalue weighted by atomic mass is 32.2. The van der Waals surface area contributed by atoms with Crippen molar-refractivity contribution in [1.29, 1.82) is 0 Å². The van der Waals surface area contributed by atoms with Crippen LogP contribution in [0.1, 0.15) is 57.5 Å². The summed E-state index contributed by atoms with van der Waals surface area (Å²) in [6.45, 7) is 4.60. The summed E-state index contributed by atoms with van der Waals surface area (Å²) in [7, 11) is -3.78. The van der Waals surface area contributed by atoms with Crippen LogP contribution in [0.5, 0.6) is 0 Å². The monoisotopic (exact) mass is 546 g/mol. The Morgan fingerprint density at radius 2 is 1.74 bits per heavy atom. The number of aryl methyl sites for hydroxylation is 1. The lowest BCUT2D eigenvalue weighted by Gasteiger charge is -2.32. The van der Waals surface area contributed by atoms with Crippen LogP contribution in [0.3, 0.4) is 0 Å². The van der Waals surface area contributed by atoms with Crippen LogP contribution in [0.4, 0.5) is 11.5 Å². The molecule has 0 aliphatic carbocycles. The van der Waals surface area contributed by atoms with E-state index in [0.29, 0.717) is 30.4 Å². The second-order valence-corrected chi connectivity index (χ2v) is 11.6. The van der Waals surface area contributed by atoms with Crippen LogP contribution in [0.15, 0.2) is 67.0 Å². The smallest absolute Gasteiger partial charge is 0.270 e. The van der Waals surface area contributed by atoms with Crippen LogP contribution in [-0.4, -0.2) is 58.6 Å².